The Labute approximate surface area is 156 Å². The van der Waals surface area contributed by atoms with Crippen LogP contribution in [0.4, 0.5) is 0 Å². The summed E-state index contributed by atoms with van der Waals surface area (Å²) in [4.78, 5) is 32.4. The predicted molar refractivity (Wildman–Crippen MR) is 99.4 cm³/mol. The van der Waals surface area contributed by atoms with Crippen molar-refractivity contribution in [3.8, 4) is 5.75 Å². The van der Waals surface area contributed by atoms with E-state index in [1.807, 2.05) is 36.4 Å². The molecule has 1 heterocycles. The van der Waals surface area contributed by atoms with Crippen LogP contribution in [-0.2, 0) is 16.1 Å². The largest absolute Gasteiger partial charge is 0.482 e. The maximum absolute atomic E-state index is 12.5. The number of amides is 1. The number of para-hydroxylation sites is 2. The second kappa shape index (κ2) is 8.27. The molecule has 7 nitrogen and oxygen atoms in total. The lowest BCUT2D eigenvalue weighted by atomic mass is 10.2. The Balaban J connectivity index is 1.62. The number of methoxy groups -OCH3 is 1. The molecule has 0 spiro atoms. The number of carbonyl (C=O) groups excluding carboxylic acids is 2. The molecule has 7 heteroatoms. The number of ether oxygens (including phenoxy) is 2. The summed E-state index contributed by atoms with van der Waals surface area (Å²) in [5.41, 5.74) is 3.22. The quantitative estimate of drug-likeness (QED) is 0.675. The smallest absolute Gasteiger partial charge is 0.343 e. The van der Waals surface area contributed by atoms with Crippen molar-refractivity contribution in [1.29, 1.82) is 0 Å². The van der Waals surface area contributed by atoms with E-state index < -0.39 is 5.97 Å². The van der Waals surface area contributed by atoms with E-state index in [-0.39, 0.29) is 12.5 Å². The van der Waals surface area contributed by atoms with Gasteiger partial charge in [0.15, 0.2) is 6.61 Å². The number of rotatable bonds is 6. The molecule has 0 radical (unpaired) electrons. The van der Waals surface area contributed by atoms with Crippen molar-refractivity contribution in [1.82, 2.24) is 15.3 Å². The summed E-state index contributed by atoms with van der Waals surface area (Å²) in [5.74, 6) is -0.179. The first-order chi connectivity index (χ1) is 13.1. The lowest BCUT2D eigenvalue weighted by molar-refractivity contribution is -0.142. The van der Waals surface area contributed by atoms with Crippen molar-refractivity contribution in [2.24, 2.45) is 0 Å². The van der Waals surface area contributed by atoms with Crippen molar-refractivity contribution >= 4 is 22.9 Å². The highest BCUT2D eigenvalue weighted by Gasteiger charge is 2.13. The van der Waals surface area contributed by atoms with E-state index in [4.69, 9.17) is 4.74 Å². The van der Waals surface area contributed by atoms with Crippen LogP contribution in [0.3, 0.4) is 0 Å². The van der Waals surface area contributed by atoms with E-state index >= 15 is 0 Å². The van der Waals surface area contributed by atoms with Gasteiger partial charge in [-0.3, -0.25) is 4.79 Å². The van der Waals surface area contributed by atoms with Gasteiger partial charge in [-0.2, -0.15) is 0 Å². The summed E-state index contributed by atoms with van der Waals surface area (Å²) in [6.07, 6.45) is 0. The Morgan fingerprint density at radius 3 is 2.33 bits per heavy atom. The molecular formula is C20H19N3O4. The minimum absolute atomic E-state index is 0.146. The number of esters is 1. The number of aryl methyl sites for hydroxylation is 1. The van der Waals surface area contributed by atoms with Gasteiger partial charge in [-0.05, 0) is 36.8 Å². The van der Waals surface area contributed by atoms with Crippen LogP contribution < -0.4 is 10.1 Å². The molecule has 1 N–H and O–H groups in total. The van der Waals surface area contributed by atoms with Crippen LogP contribution >= 0.6 is 0 Å². The van der Waals surface area contributed by atoms with Crippen LogP contribution in [0.15, 0.2) is 48.5 Å². The topological polar surface area (TPSA) is 90.4 Å². The first-order valence-corrected chi connectivity index (χ1v) is 8.37. The van der Waals surface area contributed by atoms with Gasteiger partial charge in [-0.15, -0.1) is 0 Å². The van der Waals surface area contributed by atoms with Crippen molar-refractivity contribution in [2.45, 2.75) is 13.5 Å². The standard InChI is InChI=1S/C20H19N3O4/c1-13-19(23-17-6-4-3-5-16(17)22-13)20(25)21-11-14-7-9-15(10-8-14)27-12-18(24)26-2/h3-10H,11-12H2,1-2H3,(H,21,25). The molecule has 1 amide bonds. The average Bonchev–Trinajstić information content (AvgIpc) is 2.70. The van der Waals surface area contributed by atoms with Crippen molar-refractivity contribution in [3.05, 3.63) is 65.5 Å². The van der Waals surface area contributed by atoms with Gasteiger partial charge in [0.05, 0.1) is 23.8 Å². The molecule has 0 unspecified atom stereocenters. The molecule has 0 bridgehead atoms. The van der Waals surface area contributed by atoms with Crippen LogP contribution in [0.5, 0.6) is 5.75 Å². The van der Waals surface area contributed by atoms with Gasteiger partial charge in [-0.1, -0.05) is 24.3 Å². The summed E-state index contributed by atoms with van der Waals surface area (Å²) >= 11 is 0. The fraction of sp³-hybridized carbons (Fsp3) is 0.200. The molecule has 1 aromatic heterocycles. The van der Waals surface area contributed by atoms with Crippen molar-refractivity contribution < 1.29 is 19.1 Å². The zero-order valence-corrected chi connectivity index (χ0v) is 15.1. The third-order valence-corrected chi connectivity index (χ3v) is 3.92. The molecule has 3 rings (SSSR count). The molecule has 0 saturated carbocycles. The zero-order chi connectivity index (χ0) is 19.2. The SMILES string of the molecule is COC(=O)COc1ccc(CNC(=O)c2nc3ccccc3nc2C)cc1. The predicted octanol–water partition coefficient (Wildman–Crippen LogP) is 2.42. The zero-order valence-electron chi connectivity index (χ0n) is 15.1. The Kier molecular flexibility index (Phi) is 5.61. The summed E-state index contributed by atoms with van der Waals surface area (Å²) in [5, 5.41) is 2.84. The maximum Gasteiger partial charge on any atom is 0.343 e. The fourth-order valence-corrected chi connectivity index (χ4v) is 2.47. The fourth-order valence-electron chi connectivity index (χ4n) is 2.47. The Morgan fingerprint density at radius 1 is 1.00 bits per heavy atom. The van der Waals surface area contributed by atoms with Crippen LogP contribution in [-0.4, -0.2) is 35.6 Å². The summed E-state index contributed by atoms with van der Waals surface area (Å²) in [6, 6.07) is 14.5. The summed E-state index contributed by atoms with van der Waals surface area (Å²) < 4.78 is 9.80. The lowest BCUT2D eigenvalue weighted by Crippen LogP contribution is -2.25. The van der Waals surface area contributed by atoms with Crippen molar-refractivity contribution in [2.75, 3.05) is 13.7 Å². The number of hydrogen-bond donors (Lipinski definition) is 1. The third kappa shape index (κ3) is 4.58. The molecule has 0 aliphatic carbocycles. The molecule has 0 aliphatic heterocycles. The van der Waals surface area contributed by atoms with Gasteiger partial charge in [0.1, 0.15) is 11.4 Å². The number of fused-ring (bicyclic) bond motifs is 1. The van der Waals surface area contributed by atoms with Gasteiger partial charge < -0.3 is 14.8 Å². The average molecular weight is 365 g/mol. The van der Waals surface area contributed by atoms with E-state index in [2.05, 4.69) is 20.0 Å². The molecule has 0 aliphatic rings. The number of nitrogens with zero attached hydrogens (tertiary/aromatic N) is 2. The van der Waals surface area contributed by atoms with Gasteiger partial charge in [0, 0.05) is 6.54 Å². The summed E-state index contributed by atoms with van der Waals surface area (Å²) in [7, 11) is 1.30. The minimum Gasteiger partial charge on any atom is -0.482 e. The van der Waals surface area contributed by atoms with Gasteiger partial charge in [0.25, 0.3) is 5.91 Å². The molecular weight excluding hydrogens is 346 g/mol. The highest BCUT2D eigenvalue weighted by atomic mass is 16.6. The number of benzene rings is 2. The first-order valence-electron chi connectivity index (χ1n) is 8.37. The third-order valence-electron chi connectivity index (χ3n) is 3.92. The number of carbonyl (C=O) groups is 2. The molecule has 3 aromatic rings. The van der Waals surface area contributed by atoms with Gasteiger partial charge in [0.2, 0.25) is 0 Å². The normalized spacial score (nSPS) is 10.4. The lowest BCUT2D eigenvalue weighted by Gasteiger charge is -2.09. The van der Waals surface area contributed by atoms with E-state index in [9.17, 15) is 9.59 Å². The van der Waals surface area contributed by atoms with E-state index in [0.717, 1.165) is 11.1 Å². The molecule has 138 valence electrons. The summed E-state index contributed by atoms with van der Waals surface area (Å²) in [6.45, 7) is 1.96. The highest BCUT2D eigenvalue weighted by molar-refractivity contribution is 5.95. The van der Waals surface area contributed by atoms with E-state index in [1.54, 1.807) is 19.1 Å². The Hall–Kier alpha value is -3.48. The maximum atomic E-state index is 12.5. The molecule has 0 saturated heterocycles. The highest BCUT2D eigenvalue weighted by Crippen LogP contribution is 2.14. The van der Waals surface area contributed by atoms with E-state index in [0.29, 0.717) is 29.2 Å². The monoisotopic (exact) mass is 365 g/mol. The first kappa shape index (κ1) is 18.3. The number of hydrogen-bond acceptors (Lipinski definition) is 6. The molecule has 0 atom stereocenters. The number of aromatic nitrogens is 2. The Morgan fingerprint density at radius 2 is 1.67 bits per heavy atom. The van der Waals surface area contributed by atoms with Crippen LogP contribution in [0, 0.1) is 6.92 Å². The van der Waals surface area contributed by atoms with Gasteiger partial charge >= 0.3 is 5.97 Å². The molecule has 27 heavy (non-hydrogen) atoms. The van der Waals surface area contributed by atoms with E-state index in [1.165, 1.54) is 7.11 Å². The van der Waals surface area contributed by atoms with Gasteiger partial charge in [-0.25, -0.2) is 14.8 Å². The van der Waals surface area contributed by atoms with Crippen LogP contribution in [0.25, 0.3) is 11.0 Å². The minimum atomic E-state index is -0.446. The van der Waals surface area contributed by atoms with Crippen LogP contribution in [0.1, 0.15) is 21.7 Å². The second-order valence-electron chi connectivity index (χ2n) is 5.84. The second-order valence-corrected chi connectivity index (χ2v) is 5.84. The van der Waals surface area contributed by atoms with Crippen LogP contribution in [0.2, 0.25) is 0 Å². The van der Waals surface area contributed by atoms with Crippen molar-refractivity contribution in [3.63, 3.8) is 0 Å². The molecule has 2 aromatic carbocycles. The molecule has 0 fully saturated rings. The number of nitrogens with one attached hydrogen (secondary N) is 1. The Bertz CT molecular complexity index is 971.